The molecule has 1 saturated carbocycles. The minimum absolute atomic E-state index is 0.0992. The summed E-state index contributed by atoms with van der Waals surface area (Å²) in [6.45, 7) is 2.51. The molecule has 2 aromatic carbocycles. The molecule has 1 aliphatic carbocycles. The predicted molar refractivity (Wildman–Crippen MR) is 122 cm³/mol. The van der Waals surface area contributed by atoms with Crippen molar-refractivity contribution in [2.45, 2.75) is 38.6 Å². The van der Waals surface area contributed by atoms with E-state index in [-0.39, 0.29) is 11.8 Å². The molecule has 0 spiro atoms. The Kier molecular flexibility index (Phi) is 6.37. The van der Waals surface area contributed by atoms with Gasteiger partial charge in [0.05, 0.1) is 16.8 Å². The highest BCUT2D eigenvalue weighted by atomic mass is 19.1. The molecule has 1 aromatic heterocycles. The van der Waals surface area contributed by atoms with Crippen molar-refractivity contribution in [1.29, 1.82) is 0 Å². The number of rotatable bonds is 6. The molecule has 5 nitrogen and oxygen atoms in total. The highest BCUT2D eigenvalue weighted by Gasteiger charge is 2.23. The lowest BCUT2D eigenvalue weighted by Crippen LogP contribution is -2.30. The van der Waals surface area contributed by atoms with Gasteiger partial charge >= 0.3 is 0 Å². The quantitative estimate of drug-likeness (QED) is 0.456. The van der Waals surface area contributed by atoms with Gasteiger partial charge in [-0.05, 0) is 87.5 Å². The van der Waals surface area contributed by atoms with Crippen LogP contribution in [0.2, 0.25) is 0 Å². The molecule has 0 bridgehead atoms. The number of pyridine rings is 1. The van der Waals surface area contributed by atoms with Gasteiger partial charge in [0.25, 0.3) is 0 Å². The topological polar surface area (TPSA) is 74.2 Å². The molecule has 0 amide bonds. The Morgan fingerprint density at radius 3 is 2.41 bits per heavy atom. The van der Waals surface area contributed by atoms with E-state index in [1.54, 1.807) is 24.4 Å². The van der Waals surface area contributed by atoms with Gasteiger partial charge < -0.3 is 15.7 Å². The first-order chi connectivity index (χ1) is 15.4. The minimum atomic E-state index is -1.02. The summed E-state index contributed by atoms with van der Waals surface area (Å²) in [6.07, 6.45) is 5.80. The number of aromatic nitrogens is 1. The Morgan fingerprint density at radius 1 is 1.09 bits per heavy atom. The van der Waals surface area contributed by atoms with Crippen LogP contribution in [0.4, 0.5) is 14.5 Å². The smallest absolute Gasteiger partial charge is 0.187 e. The molecule has 4 rings (SSSR count). The first-order valence-corrected chi connectivity index (χ1v) is 10.9. The second kappa shape index (κ2) is 9.20. The van der Waals surface area contributed by atoms with E-state index in [2.05, 4.69) is 15.6 Å². The predicted octanol–water partition coefficient (Wildman–Crippen LogP) is 5.28. The molecular formula is C25H27F2N3O2. The third-order valence-electron chi connectivity index (χ3n) is 6.29. The van der Waals surface area contributed by atoms with Crippen LogP contribution < -0.4 is 10.6 Å². The third kappa shape index (κ3) is 4.43. The number of nitrogens with zero attached hydrogens (tertiary/aromatic N) is 1. The largest absolute Gasteiger partial charge is 0.503 e. The van der Waals surface area contributed by atoms with Gasteiger partial charge in [-0.15, -0.1) is 0 Å². The fraction of sp³-hybridized carbons (Fsp3) is 0.360. The van der Waals surface area contributed by atoms with Gasteiger partial charge in [0, 0.05) is 17.6 Å². The van der Waals surface area contributed by atoms with Gasteiger partial charge in [0.15, 0.2) is 23.2 Å². The molecule has 0 radical (unpaired) electrons. The second-order valence-corrected chi connectivity index (χ2v) is 8.54. The lowest BCUT2D eigenvalue weighted by Gasteiger charge is -2.30. The highest BCUT2D eigenvalue weighted by molar-refractivity contribution is 6.07. The third-order valence-corrected chi connectivity index (χ3v) is 6.29. The van der Waals surface area contributed by atoms with Gasteiger partial charge in [-0.2, -0.15) is 0 Å². The summed E-state index contributed by atoms with van der Waals surface area (Å²) in [6, 6.07) is 7.71. The van der Waals surface area contributed by atoms with E-state index in [9.17, 15) is 18.7 Å². The van der Waals surface area contributed by atoms with Crippen LogP contribution in [-0.4, -0.2) is 35.5 Å². The molecule has 3 aromatic rings. The average Bonchev–Trinajstić information content (AvgIpc) is 2.78. The number of ketones is 1. The number of benzene rings is 2. The summed E-state index contributed by atoms with van der Waals surface area (Å²) in [5, 5.41) is 17.0. The molecule has 1 aliphatic rings. The zero-order valence-corrected chi connectivity index (χ0v) is 18.2. The number of nitrogens with one attached hydrogen (secondary N) is 2. The Balaban J connectivity index is 1.74. The van der Waals surface area contributed by atoms with Crippen LogP contribution in [0.1, 0.15) is 43.0 Å². The fourth-order valence-corrected chi connectivity index (χ4v) is 4.53. The van der Waals surface area contributed by atoms with Gasteiger partial charge in [-0.1, -0.05) is 6.07 Å². The maximum absolute atomic E-state index is 13.9. The number of phenols is 1. The van der Waals surface area contributed by atoms with Gasteiger partial charge in [0.1, 0.15) is 0 Å². The molecule has 0 atom stereocenters. The normalized spacial score (nSPS) is 18.6. The van der Waals surface area contributed by atoms with E-state index >= 15 is 0 Å². The van der Waals surface area contributed by atoms with Crippen LogP contribution in [0, 0.1) is 17.6 Å². The fourth-order valence-electron chi connectivity index (χ4n) is 4.53. The van der Waals surface area contributed by atoms with Crippen LogP contribution >= 0.6 is 0 Å². The SMILES string of the molecule is CNC[C@H]1CC[C@H](Nc2c(C(C)=O)cnc3ccc(-c4cc(F)c(O)c(F)c4)cc23)CC1. The maximum atomic E-state index is 13.9. The van der Waals surface area contributed by atoms with Crippen LogP contribution in [0.5, 0.6) is 5.75 Å². The Hall–Kier alpha value is -3.06. The Bertz CT molecular complexity index is 1130. The molecular weight excluding hydrogens is 412 g/mol. The minimum Gasteiger partial charge on any atom is -0.503 e. The van der Waals surface area contributed by atoms with Crippen molar-refractivity contribution < 1.29 is 18.7 Å². The average molecular weight is 440 g/mol. The van der Waals surface area contributed by atoms with Crippen molar-refractivity contribution in [3.8, 4) is 16.9 Å². The van der Waals surface area contributed by atoms with Crippen LogP contribution in [-0.2, 0) is 0 Å². The van der Waals surface area contributed by atoms with Crippen molar-refractivity contribution in [1.82, 2.24) is 10.3 Å². The number of halogens is 2. The van der Waals surface area contributed by atoms with E-state index in [0.29, 0.717) is 33.8 Å². The lowest BCUT2D eigenvalue weighted by molar-refractivity contribution is 0.101. The molecule has 32 heavy (non-hydrogen) atoms. The number of aromatic hydroxyl groups is 1. The number of anilines is 1. The van der Waals surface area contributed by atoms with Crippen molar-refractivity contribution in [3.05, 3.63) is 53.7 Å². The van der Waals surface area contributed by atoms with Crippen LogP contribution in [0.15, 0.2) is 36.5 Å². The van der Waals surface area contributed by atoms with Crippen molar-refractivity contribution >= 4 is 22.4 Å². The summed E-state index contributed by atoms with van der Waals surface area (Å²) < 4.78 is 27.8. The van der Waals surface area contributed by atoms with E-state index in [1.165, 1.54) is 6.92 Å². The van der Waals surface area contributed by atoms with E-state index in [1.807, 2.05) is 7.05 Å². The number of Topliss-reactive ketones (excluding diaryl/α,β-unsaturated/α-hetero) is 1. The summed E-state index contributed by atoms with van der Waals surface area (Å²) in [7, 11) is 1.97. The van der Waals surface area contributed by atoms with E-state index in [0.717, 1.165) is 49.7 Å². The van der Waals surface area contributed by atoms with Crippen LogP contribution in [0.3, 0.4) is 0 Å². The molecule has 168 valence electrons. The number of fused-ring (bicyclic) bond motifs is 1. The van der Waals surface area contributed by atoms with E-state index in [4.69, 9.17) is 0 Å². The molecule has 1 fully saturated rings. The molecule has 1 heterocycles. The molecule has 0 aliphatic heterocycles. The monoisotopic (exact) mass is 439 g/mol. The number of phenolic OH excluding ortho intramolecular Hbond substituents is 1. The highest BCUT2D eigenvalue weighted by Crippen LogP contribution is 2.35. The zero-order chi connectivity index (χ0) is 22.8. The molecule has 3 N–H and O–H groups in total. The van der Waals surface area contributed by atoms with Crippen LogP contribution in [0.25, 0.3) is 22.0 Å². The standard InChI is InChI=1S/C25H27F2N3O2/c1-14(31)20-13-29-23-8-5-16(17-10-21(26)25(32)22(27)11-17)9-19(23)24(20)30-18-6-3-15(4-7-18)12-28-2/h5,8-11,13,15,18,28,32H,3-4,6-7,12H2,1-2H3,(H,29,30)/t15-,18-. The van der Waals surface area contributed by atoms with Gasteiger partial charge in [-0.25, -0.2) is 8.78 Å². The number of carbonyl (C=O) groups excluding carboxylic acids is 1. The van der Waals surface area contributed by atoms with Gasteiger partial charge in [-0.3, -0.25) is 9.78 Å². The van der Waals surface area contributed by atoms with Crippen molar-refractivity contribution in [2.24, 2.45) is 5.92 Å². The summed E-state index contributed by atoms with van der Waals surface area (Å²) in [5.74, 6) is -2.48. The number of hydrogen-bond acceptors (Lipinski definition) is 5. The molecule has 0 unspecified atom stereocenters. The van der Waals surface area contributed by atoms with Gasteiger partial charge in [0.2, 0.25) is 0 Å². The zero-order valence-electron chi connectivity index (χ0n) is 18.2. The number of hydrogen-bond donors (Lipinski definition) is 3. The Morgan fingerprint density at radius 2 is 1.78 bits per heavy atom. The summed E-state index contributed by atoms with van der Waals surface area (Å²) in [4.78, 5) is 16.8. The van der Waals surface area contributed by atoms with E-state index < -0.39 is 17.4 Å². The lowest BCUT2D eigenvalue weighted by atomic mass is 9.85. The Labute approximate surface area is 185 Å². The first-order valence-electron chi connectivity index (χ1n) is 10.9. The molecule has 0 saturated heterocycles. The molecule has 7 heteroatoms. The number of carbonyl (C=O) groups is 1. The summed E-state index contributed by atoms with van der Waals surface area (Å²) >= 11 is 0. The summed E-state index contributed by atoms with van der Waals surface area (Å²) in [5.41, 5.74) is 2.76. The maximum Gasteiger partial charge on any atom is 0.187 e. The first kappa shape index (κ1) is 22.1. The van der Waals surface area contributed by atoms with Crippen molar-refractivity contribution in [3.63, 3.8) is 0 Å². The second-order valence-electron chi connectivity index (χ2n) is 8.54. The van der Waals surface area contributed by atoms with Crippen molar-refractivity contribution in [2.75, 3.05) is 18.9 Å².